The highest BCUT2D eigenvalue weighted by molar-refractivity contribution is 6.00. The summed E-state index contributed by atoms with van der Waals surface area (Å²) < 4.78 is 0. The summed E-state index contributed by atoms with van der Waals surface area (Å²) in [5, 5.41) is 0. The van der Waals surface area contributed by atoms with Gasteiger partial charge in [-0.2, -0.15) is 0 Å². The van der Waals surface area contributed by atoms with Gasteiger partial charge in [-0.25, -0.2) is 0 Å². The van der Waals surface area contributed by atoms with Gasteiger partial charge in [0, 0.05) is 36.3 Å². The number of rotatable bonds is 7. The molecule has 0 radical (unpaired) electrons. The van der Waals surface area contributed by atoms with Gasteiger partial charge in [-0.05, 0) is 37.7 Å². The maximum Gasteiger partial charge on any atom is 0.166 e. The van der Waals surface area contributed by atoms with E-state index < -0.39 is 0 Å². The number of H-pyrrole nitrogens is 1. The predicted molar refractivity (Wildman–Crippen MR) is 108 cm³/mol. The van der Waals surface area contributed by atoms with Crippen LogP contribution in [0.5, 0.6) is 0 Å². The van der Waals surface area contributed by atoms with Gasteiger partial charge in [0.05, 0.1) is 0 Å². The van der Waals surface area contributed by atoms with Crippen LogP contribution in [0.2, 0.25) is 0 Å². The first-order valence-corrected chi connectivity index (χ1v) is 9.05. The molecule has 3 heteroatoms. The number of carbonyl (C=O) groups is 1. The molecule has 3 nitrogen and oxygen atoms in total. The van der Waals surface area contributed by atoms with E-state index in [9.17, 15) is 4.79 Å². The van der Waals surface area contributed by atoms with E-state index in [-0.39, 0.29) is 5.78 Å². The highest BCUT2D eigenvalue weighted by atomic mass is 16.1. The molecular weight excluding hydrogens is 320 g/mol. The lowest BCUT2D eigenvalue weighted by Gasteiger charge is -2.11. The number of aryl methyl sites for hydroxylation is 1. The Kier molecular flexibility index (Phi) is 5.69. The van der Waals surface area contributed by atoms with Crippen LogP contribution < -0.4 is 0 Å². The second kappa shape index (κ2) is 8.15. The number of Topliss-reactive ketones (excluding diaryl/α,β-unsaturated/α-hetero) is 1. The molecule has 0 saturated heterocycles. The summed E-state index contributed by atoms with van der Waals surface area (Å²) in [6.45, 7) is 2.76. The molecule has 1 N–H and O–H groups in total. The predicted octanol–water partition coefficient (Wildman–Crippen LogP) is 4.72. The molecule has 26 heavy (non-hydrogen) atoms. The van der Waals surface area contributed by atoms with Crippen molar-refractivity contribution >= 4 is 5.78 Å². The molecule has 0 atom stereocenters. The lowest BCUT2D eigenvalue weighted by Crippen LogP contribution is -2.17. The summed E-state index contributed by atoms with van der Waals surface area (Å²) in [6.07, 6.45) is 1.28. The van der Waals surface area contributed by atoms with Gasteiger partial charge in [0.2, 0.25) is 0 Å². The van der Waals surface area contributed by atoms with Gasteiger partial charge >= 0.3 is 0 Å². The molecule has 3 aromatic rings. The summed E-state index contributed by atoms with van der Waals surface area (Å²) >= 11 is 0. The zero-order valence-corrected chi connectivity index (χ0v) is 15.8. The average molecular weight is 346 g/mol. The zero-order chi connectivity index (χ0) is 18.5. The fourth-order valence-electron chi connectivity index (χ4n) is 3.33. The Morgan fingerprint density at radius 1 is 0.962 bits per heavy atom. The Balaban J connectivity index is 2.05. The van der Waals surface area contributed by atoms with Crippen molar-refractivity contribution in [3.05, 3.63) is 83.0 Å². The topological polar surface area (TPSA) is 36.1 Å². The molecule has 0 unspecified atom stereocenters. The fraction of sp³-hybridized carbons (Fsp3) is 0.261. The summed E-state index contributed by atoms with van der Waals surface area (Å²) in [6, 6.07) is 20.6. The molecule has 0 aliphatic heterocycles. The summed E-state index contributed by atoms with van der Waals surface area (Å²) in [5.41, 5.74) is 6.30. The zero-order valence-electron chi connectivity index (χ0n) is 15.8. The van der Waals surface area contributed by atoms with E-state index in [1.807, 2.05) is 57.4 Å². The Labute approximate surface area is 155 Å². The fourth-order valence-corrected chi connectivity index (χ4v) is 3.33. The molecular formula is C23H26N2O. The molecule has 2 aromatic carbocycles. The maximum atomic E-state index is 13.0. The van der Waals surface area contributed by atoms with Crippen molar-refractivity contribution < 1.29 is 4.79 Å². The molecule has 1 aromatic heterocycles. The molecule has 1 heterocycles. The highest BCUT2D eigenvalue weighted by Crippen LogP contribution is 2.31. The molecule has 0 spiro atoms. The van der Waals surface area contributed by atoms with E-state index in [1.54, 1.807) is 0 Å². The van der Waals surface area contributed by atoms with Crippen LogP contribution in [0.25, 0.3) is 11.3 Å². The van der Waals surface area contributed by atoms with E-state index in [2.05, 4.69) is 34.1 Å². The first kappa shape index (κ1) is 18.2. The molecule has 0 aliphatic carbocycles. The second-order valence-electron chi connectivity index (χ2n) is 6.98. The van der Waals surface area contributed by atoms with Crippen molar-refractivity contribution in [2.24, 2.45) is 0 Å². The second-order valence-corrected chi connectivity index (χ2v) is 6.98. The van der Waals surface area contributed by atoms with Crippen molar-refractivity contribution in [1.29, 1.82) is 0 Å². The lowest BCUT2D eigenvalue weighted by atomic mass is 9.94. The van der Waals surface area contributed by atoms with Crippen LogP contribution in [0.3, 0.4) is 0 Å². The molecule has 0 amide bonds. The van der Waals surface area contributed by atoms with Crippen LogP contribution >= 0.6 is 0 Å². The molecule has 0 fully saturated rings. The number of aromatic nitrogens is 1. The average Bonchev–Trinajstić information content (AvgIpc) is 2.97. The van der Waals surface area contributed by atoms with Crippen LogP contribution in [0.1, 0.15) is 33.6 Å². The van der Waals surface area contributed by atoms with Gasteiger partial charge in [-0.15, -0.1) is 0 Å². The highest BCUT2D eigenvalue weighted by Gasteiger charge is 2.21. The van der Waals surface area contributed by atoms with Gasteiger partial charge in [-0.1, -0.05) is 60.7 Å². The summed E-state index contributed by atoms with van der Waals surface area (Å²) in [7, 11) is 4.00. The van der Waals surface area contributed by atoms with Gasteiger partial charge in [0.25, 0.3) is 0 Å². The molecule has 3 rings (SSSR count). The van der Waals surface area contributed by atoms with Crippen LogP contribution in [-0.2, 0) is 6.42 Å². The van der Waals surface area contributed by atoms with Crippen LogP contribution in [-0.4, -0.2) is 36.3 Å². The van der Waals surface area contributed by atoms with Crippen LogP contribution in [0.4, 0.5) is 0 Å². The molecule has 0 bridgehead atoms. The van der Waals surface area contributed by atoms with E-state index in [4.69, 9.17) is 0 Å². The first-order chi connectivity index (χ1) is 12.6. The van der Waals surface area contributed by atoms with Crippen LogP contribution in [0.15, 0.2) is 60.7 Å². The third-order valence-corrected chi connectivity index (χ3v) is 4.64. The van der Waals surface area contributed by atoms with Crippen molar-refractivity contribution in [3.63, 3.8) is 0 Å². The number of hydrogen-bond donors (Lipinski definition) is 1. The number of ketones is 1. The van der Waals surface area contributed by atoms with Gasteiger partial charge in [-0.3, -0.25) is 4.79 Å². The number of carbonyl (C=O) groups excluding carboxylic acids is 1. The van der Waals surface area contributed by atoms with E-state index in [0.717, 1.165) is 41.0 Å². The van der Waals surface area contributed by atoms with Crippen LogP contribution in [0, 0.1) is 6.92 Å². The minimum atomic E-state index is 0.209. The Bertz CT molecular complexity index is 864. The Hall–Kier alpha value is -2.65. The van der Waals surface area contributed by atoms with Crippen molar-refractivity contribution in [2.75, 3.05) is 20.6 Å². The summed E-state index contributed by atoms with van der Waals surface area (Å²) in [5.74, 6) is 0.209. The third kappa shape index (κ3) is 4.12. The third-order valence-electron chi connectivity index (χ3n) is 4.64. The van der Waals surface area contributed by atoms with E-state index in [1.165, 1.54) is 5.56 Å². The molecule has 0 saturated carbocycles. The SMILES string of the molecule is Cc1[nH]c(-c2ccccc2)c(Cc2ccccc2)c1C(=O)CCN(C)C. The molecule has 134 valence electrons. The van der Waals surface area contributed by atoms with Crippen molar-refractivity contribution in [3.8, 4) is 11.3 Å². The number of nitrogens with one attached hydrogen (secondary N) is 1. The molecule has 0 aliphatic rings. The smallest absolute Gasteiger partial charge is 0.166 e. The van der Waals surface area contributed by atoms with Gasteiger partial charge in [0.15, 0.2) is 5.78 Å². The minimum absolute atomic E-state index is 0.209. The first-order valence-electron chi connectivity index (χ1n) is 9.05. The monoisotopic (exact) mass is 346 g/mol. The maximum absolute atomic E-state index is 13.0. The number of benzene rings is 2. The number of nitrogens with zero attached hydrogens (tertiary/aromatic N) is 1. The minimum Gasteiger partial charge on any atom is -0.358 e. The van der Waals surface area contributed by atoms with Gasteiger partial charge in [0.1, 0.15) is 0 Å². The van der Waals surface area contributed by atoms with E-state index in [0.29, 0.717) is 6.42 Å². The standard InChI is InChI=1S/C23H26N2O/c1-17-22(21(26)14-15-25(2)3)20(16-18-10-6-4-7-11-18)23(24-17)19-12-8-5-9-13-19/h4-13,24H,14-16H2,1-3H3. The van der Waals surface area contributed by atoms with Crippen molar-refractivity contribution in [1.82, 2.24) is 9.88 Å². The number of hydrogen-bond acceptors (Lipinski definition) is 2. The quantitative estimate of drug-likeness (QED) is 0.629. The lowest BCUT2D eigenvalue weighted by molar-refractivity contribution is 0.0971. The summed E-state index contributed by atoms with van der Waals surface area (Å²) in [4.78, 5) is 18.5. The van der Waals surface area contributed by atoms with Crippen molar-refractivity contribution in [2.45, 2.75) is 19.8 Å². The largest absolute Gasteiger partial charge is 0.358 e. The number of aromatic amines is 1. The Morgan fingerprint density at radius 3 is 2.19 bits per heavy atom. The van der Waals surface area contributed by atoms with Gasteiger partial charge < -0.3 is 9.88 Å². The normalized spacial score (nSPS) is 11.1. The Morgan fingerprint density at radius 2 is 1.58 bits per heavy atom. The van der Waals surface area contributed by atoms with E-state index >= 15 is 0 Å².